The van der Waals surface area contributed by atoms with Crippen LogP contribution in [0.1, 0.15) is 30.9 Å². The van der Waals surface area contributed by atoms with Gasteiger partial charge in [0.15, 0.2) is 10.6 Å². The van der Waals surface area contributed by atoms with E-state index in [2.05, 4.69) is 34.3 Å². The topological polar surface area (TPSA) is 77.3 Å². The Labute approximate surface area is 162 Å². The van der Waals surface area contributed by atoms with E-state index in [0.29, 0.717) is 16.2 Å². The number of nitrogens with zero attached hydrogens (tertiary/aromatic N) is 3. The summed E-state index contributed by atoms with van der Waals surface area (Å²) in [6, 6.07) is 9.36. The summed E-state index contributed by atoms with van der Waals surface area (Å²) in [5.74, 6) is 0.668. The number of rotatable bonds is 3. The normalized spacial score (nSPS) is 13.4. The molecule has 0 bridgehead atoms. The quantitative estimate of drug-likeness (QED) is 0.594. The summed E-state index contributed by atoms with van der Waals surface area (Å²) in [6.45, 7) is 4.98. The molecule has 0 aliphatic carbocycles. The zero-order valence-electron chi connectivity index (χ0n) is 15.5. The van der Waals surface area contributed by atoms with Crippen molar-refractivity contribution < 1.29 is 10.2 Å². The summed E-state index contributed by atoms with van der Waals surface area (Å²) in [4.78, 5) is 2.23. The van der Waals surface area contributed by atoms with E-state index in [1.54, 1.807) is 6.07 Å². The number of anilines is 1. The first-order valence-electron chi connectivity index (χ1n) is 8.95. The van der Waals surface area contributed by atoms with Crippen LogP contribution >= 0.6 is 12.2 Å². The van der Waals surface area contributed by atoms with Crippen molar-refractivity contribution in [2.45, 2.75) is 26.2 Å². The van der Waals surface area contributed by atoms with Gasteiger partial charge in [0.25, 0.3) is 0 Å². The Bertz CT molecular complexity index is 1080. The molecule has 0 saturated heterocycles. The van der Waals surface area contributed by atoms with E-state index in [4.69, 9.17) is 12.2 Å². The monoisotopic (exact) mass is 382 g/mol. The molecule has 0 fully saturated rings. The number of phenolic OH excluding ortho intramolecular Hbond substituents is 2. The van der Waals surface area contributed by atoms with E-state index in [9.17, 15) is 10.2 Å². The van der Waals surface area contributed by atoms with Gasteiger partial charge in [0.2, 0.25) is 0 Å². The lowest BCUT2D eigenvalue weighted by Crippen LogP contribution is -2.12. The van der Waals surface area contributed by atoms with Crippen molar-refractivity contribution in [3.8, 4) is 28.6 Å². The number of hydrogen-bond acceptors (Lipinski definition) is 5. The number of nitrogens with one attached hydrogen (secondary N) is 1. The first-order valence-corrected chi connectivity index (χ1v) is 9.35. The summed E-state index contributed by atoms with van der Waals surface area (Å²) >= 11 is 5.46. The number of phenols is 2. The van der Waals surface area contributed by atoms with Crippen molar-refractivity contribution in [1.82, 2.24) is 14.8 Å². The highest BCUT2D eigenvalue weighted by Crippen LogP contribution is 2.38. The van der Waals surface area contributed by atoms with Gasteiger partial charge in [-0.05, 0) is 59.9 Å². The van der Waals surface area contributed by atoms with Crippen LogP contribution in [0.4, 0.5) is 5.69 Å². The molecule has 0 atom stereocenters. The maximum absolute atomic E-state index is 10.5. The van der Waals surface area contributed by atoms with Crippen molar-refractivity contribution in [2.75, 3.05) is 18.5 Å². The molecule has 3 N–H and O–H groups in total. The van der Waals surface area contributed by atoms with Gasteiger partial charge in [0, 0.05) is 25.3 Å². The van der Waals surface area contributed by atoms with Gasteiger partial charge in [0.05, 0.1) is 11.3 Å². The first kappa shape index (κ1) is 17.6. The number of hydrogen-bond donors (Lipinski definition) is 3. The van der Waals surface area contributed by atoms with Gasteiger partial charge in [-0.2, -0.15) is 5.10 Å². The molecule has 0 unspecified atom stereocenters. The van der Waals surface area contributed by atoms with E-state index < -0.39 is 0 Å². The van der Waals surface area contributed by atoms with Gasteiger partial charge in [0.1, 0.15) is 11.5 Å². The van der Waals surface area contributed by atoms with E-state index in [0.717, 1.165) is 24.2 Å². The predicted octanol–water partition coefficient (Wildman–Crippen LogP) is 4.12. The molecule has 140 valence electrons. The maximum atomic E-state index is 10.5. The summed E-state index contributed by atoms with van der Waals surface area (Å²) in [5.41, 5.74) is 4.67. The molecule has 0 radical (unpaired) electrons. The lowest BCUT2D eigenvalue weighted by Gasteiger charge is -2.15. The largest absolute Gasteiger partial charge is 0.508 e. The number of benzene rings is 2. The Hall–Kier alpha value is -2.80. The maximum Gasteiger partial charge on any atom is 0.200 e. The molecule has 1 aliphatic heterocycles. The number of aromatic amines is 1. The molecule has 2 aromatic carbocycles. The van der Waals surface area contributed by atoms with E-state index in [-0.39, 0.29) is 17.4 Å². The van der Waals surface area contributed by atoms with Gasteiger partial charge in [-0.25, -0.2) is 0 Å². The summed E-state index contributed by atoms with van der Waals surface area (Å²) in [7, 11) is 2.09. The molecular weight excluding hydrogens is 360 g/mol. The van der Waals surface area contributed by atoms with Gasteiger partial charge in [-0.3, -0.25) is 9.67 Å². The predicted molar refractivity (Wildman–Crippen MR) is 109 cm³/mol. The van der Waals surface area contributed by atoms with Crippen LogP contribution in [-0.2, 0) is 6.42 Å². The van der Waals surface area contributed by atoms with Crippen LogP contribution in [0.25, 0.3) is 17.1 Å². The number of aromatic hydroxyl groups is 2. The zero-order chi connectivity index (χ0) is 19.3. The van der Waals surface area contributed by atoms with Gasteiger partial charge < -0.3 is 15.1 Å². The standard InChI is InChI=1S/C20H22N4O2S/c1-11(2)14-9-15(18(26)10-17(14)25)19-21-22-20(27)24(19)13-4-5-16-12(8-13)6-7-23(16)3/h4-5,8-11,25-26H,6-7H2,1-3H3,(H,22,27). The van der Waals surface area contributed by atoms with Gasteiger partial charge in [-0.15, -0.1) is 0 Å². The lowest BCUT2D eigenvalue weighted by molar-refractivity contribution is 0.444. The Balaban J connectivity index is 1.89. The van der Waals surface area contributed by atoms with Crippen molar-refractivity contribution >= 4 is 17.9 Å². The SMILES string of the molecule is CC(C)c1cc(-c2n[nH]c(=S)n2-c2ccc3c(c2)CCN3C)c(O)cc1O. The van der Waals surface area contributed by atoms with Crippen LogP contribution in [-0.4, -0.2) is 38.6 Å². The summed E-state index contributed by atoms with van der Waals surface area (Å²) < 4.78 is 2.28. The third-order valence-electron chi connectivity index (χ3n) is 5.13. The van der Waals surface area contributed by atoms with Crippen molar-refractivity contribution in [3.05, 3.63) is 46.2 Å². The molecule has 4 rings (SSSR count). The van der Waals surface area contributed by atoms with E-state index in [1.165, 1.54) is 17.3 Å². The van der Waals surface area contributed by atoms with Crippen molar-refractivity contribution in [2.24, 2.45) is 0 Å². The van der Waals surface area contributed by atoms with Crippen LogP contribution in [0.15, 0.2) is 30.3 Å². The second kappa shape index (κ2) is 6.42. The molecule has 0 saturated carbocycles. The minimum Gasteiger partial charge on any atom is -0.508 e. The molecule has 1 aliphatic rings. The van der Waals surface area contributed by atoms with Crippen LogP contribution in [0.2, 0.25) is 0 Å². The smallest absolute Gasteiger partial charge is 0.200 e. The Morgan fingerprint density at radius 1 is 1.15 bits per heavy atom. The minimum absolute atomic E-state index is 0.0342. The third-order valence-corrected chi connectivity index (χ3v) is 5.40. The van der Waals surface area contributed by atoms with Crippen molar-refractivity contribution in [3.63, 3.8) is 0 Å². The highest BCUT2D eigenvalue weighted by atomic mass is 32.1. The molecule has 0 amide bonds. The van der Waals surface area contributed by atoms with Crippen LogP contribution in [0.5, 0.6) is 11.5 Å². The second-order valence-electron chi connectivity index (χ2n) is 7.26. The zero-order valence-corrected chi connectivity index (χ0v) is 16.3. The number of aromatic nitrogens is 3. The second-order valence-corrected chi connectivity index (χ2v) is 7.64. The molecule has 7 heteroatoms. The fourth-order valence-electron chi connectivity index (χ4n) is 3.64. The first-order chi connectivity index (χ1) is 12.9. The van der Waals surface area contributed by atoms with Crippen LogP contribution in [0, 0.1) is 4.77 Å². The highest BCUT2D eigenvalue weighted by molar-refractivity contribution is 7.71. The van der Waals surface area contributed by atoms with Gasteiger partial charge in [-0.1, -0.05) is 13.8 Å². The molecule has 1 aromatic heterocycles. The average molecular weight is 382 g/mol. The number of fused-ring (bicyclic) bond motifs is 1. The molecule has 3 aromatic rings. The van der Waals surface area contributed by atoms with E-state index in [1.807, 2.05) is 24.5 Å². The Morgan fingerprint density at radius 3 is 2.67 bits per heavy atom. The highest BCUT2D eigenvalue weighted by Gasteiger charge is 2.21. The Morgan fingerprint density at radius 2 is 1.93 bits per heavy atom. The summed E-state index contributed by atoms with van der Waals surface area (Å²) in [6.07, 6.45) is 0.988. The number of H-pyrrole nitrogens is 1. The molecule has 6 nitrogen and oxygen atoms in total. The van der Waals surface area contributed by atoms with Gasteiger partial charge >= 0.3 is 0 Å². The summed E-state index contributed by atoms with van der Waals surface area (Å²) in [5, 5.41) is 27.8. The third kappa shape index (κ3) is 2.88. The number of likely N-dealkylation sites (N-methyl/N-ethyl adjacent to an activating group) is 1. The van der Waals surface area contributed by atoms with E-state index >= 15 is 0 Å². The van der Waals surface area contributed by atoms with Crippen LogP contribution < -0.4 is 4.90 Å². The Kier molecular flexibility index (Phi) is 4.19. The fraction of sp³-hybridized carbons (Fsp3) is 0.300. The molecule has 0 spiro atoms. The fourth-order valence-corrected chi connectivity index (χ4v) is 3.88. The average Bonchev–Trinajstić information content (AvgIpc) is 3.17. The molecular formula is C20H22N4O2S. The molecule has 27 heavy (non-hydrogen) atoms. The molecule has 2 heterocycles. The minimum atomic E-state index is -0.0342. The van der Waals surface area contributed by atoms with Crippen LogP contribution in [0.3, 0.4) is 0 Å². The lowest BCUT2D eigenvalue weighted by atomic mass is 9.98. The van der Waals surface area contributed by atoms with Crippen molar-refractivity contribution in [1.29, 1.82) is 0 Å².